The second-order valence-corrected chi connectivity index (χ2v) is 11.3. The molecular weight excluding hydrogens is 559 g/mol. The zero-order valence-corrected chi connectivity index (χ0v) is 23.7. The molecule has 0 fully saturated rings. The fraction of sp³-hybridized carbons (Fsp3) is 0. The first-order valence-electron chi connectivity index (χ1n) is 17.5. The van der Waals surface area contributed by atoms with Crippen molar-refractivity contribution in [3.8, 4) is 45.3 Å². The highest BCUT2D eigenvalue weighted by Crippen LogP contribution is 2.37. The molecule has 0 bridgehead atoms. The van der Waals surface area contributed by atoms with Crippen molar-refractivity contribution in [3.63, 3.8) is 0 Å². The number of aromatic nitrogens is 3. The molecule has 0 unspecified atom stereocenters. The van der Waals surface area contributed by atoms with Crippen LogP contribution in [0.1, 0.15) is 9.60 Å². The van der Waals surface area contributed by atoms with Crippen molar-refractivity contribution < 1.29 is 14.0 Å². The van der Waals surface area contributed by atoms with E-state index >= 15 is 0 Å². The number of para-hydroxylation sites is 1. The second-order valence-electron chi connectivity index (χ2n) is 10.3. The summed E-state index contributed by atoms with van der Waals surface area (Å²) in [5, 5.41) is 2.19. The molecule has 6 aromatic carbocycles. The standard InChI is InChI=1S/C39H23N3OS/c1-2-9-24(10-3-1)25-11-8-12-26(21-25)37-40-38(27-17-19-30-29-13-4-6-15-33(29)43-34(30)22-27)42-39(41-37)28-18-20-32-31-14-5-7-16-35(31)44-36(32)23-28/h1-23H/i5D,7D,14D,16D,18D,20D,23D. The maximum atomic E-state index is 9.34. The quantitative estimate of drug-likeness (QED) is 0.205. The van der Waals surface area contributed by atoms with Crippen LogP contribution in [0.25, 0.3) is 87.4 Å². The summed E-state index contributed by atoms with van der Waals surface area (Å²) in [6.07, 6.45) is 0. The summed E-state index contributed by atoms with van der Waals surface area (Å²) in [4.78, 5) is 14.5. The van der Waals surface area contributed by atoms with Crippen LogP contribution in [-0.4, -0.2) is 15.0 Å². The molecule has 0 aliphatic rings. The number of thiophene rings is 1. The molecule has 0 aliphatic heterocycles. The zero-order valence-electron chi connectivity index (χ0n) is 29.9. The Bertz CT molecular complexity index is 2910. The molecule has 9 rings (SSSR count). The predicted octanol–water partition coefficient (Wildman–Crippen LogP) is 10.8. The van der Waals surface area contributed by atoms with Gasteiger partial charge in [-0.1, -0.05) is 103 Å². The van der Waals surface area contributed by atoms with Gasteiger partial charge in [-0.15, -0.1) is 11.3 Å². The third-order valence-corrected chi connectivity index (χ3v) is 8.63. The summed E-state index contributed by atoms with van der Waals surface area (Å²) in [7, 11) is 0. The highest BCUT2D eigenvalue weighted by Gasteiger charge is 2.16. The van der Waals surface area contributed by atoms with E-state index in [-0.39, 0.29) is 67.6 Å². The summed E-state index contributed by atoms with van der Waals surface area (Å²) in [6.45, 7) is 0. The largest absolute Gasteiger partial charge is 0.456 e. The van der Waals surface area contributed by atoms with E-state index in [4.69, 9.17) is 27.6 Å². The normalized spacial score (nSPS) is 13.9. The Morgan fingerprint density at radius 3 is 2.05 bits per heavy atom. The topological polar surface area (TPSA) is 51.8 Å². The van der Waals surface area contributed by atoms with Gasteiger partial charge < -0.3 is 4.42 Å². The van der Waals surface area contributed by atoms with Gasteiger partial charge in [0.2, 0.25) is 0 Å². The molecule has 0 saturated carbocycles. The lowest BCUT2D eigenvalue weighted by atomic mass is 10.0. The Morgan fingerprint density at radius 1 is 0.477 bits per heavy atom. The fourth-order valence-corrected chi connectivity index (χ4v) is 6.46. The van der Waals surface area contributed by atoms with E-state index in [1.165, 1.54) is 0 Å². The average Bonchev–Trinajstić information content (AvgIpc) is 3.75. The number of hydrogen-bond acceptors (Lipinski definition) is 5. The van der Waals surface area contributed by atoms with Crippen LogP contribution in [0.3, 0.4) is 0 Å². The van der Waals surface area contributed by atoms with Crippen LogP contribution in [0.15, 0.2) is 144 Å². The molecule has 3 heterocycles. The summed E-state index contributed by atoms with van der Waals surface area (Å²) in [5.41, 5.74) is 4.66. The van der Waals surface area contributed by atoms with Crippen LogP contribution in [0.5, 0.6) is 0 Å². The molecule has 0 saturated heterocycles. The molecule has 0 aliphatic carbocycles. The summed E-state index contributed by atoms with van der Waals surface area (Å²) in [6, 6.07) is 29.0. The van der Waals surface area contributed by atoms with Crippen molar-refractivity contribution >= 4 is 53.4 Å². The van der Waals surface area contributed by atoms with E-state index in [2.05, 4.69) is 0 Å². The summed E-state index contributed by atoms with van der Waals surface area (Å²) in [5.74, 6) is 0.606. The first-order valence-corrected chi connectivity index (χ1v) is 14.8. The third-order valence-electron chi connectivity index (χ3n) is 7.61. The van der Waals surface area contributed by atoms with Crippen molar-refractivity contribution in [1.82, 2.24) is 15.0 Å². The maximum absolute atomic E-state index is 9.34. The van der Waals surface area contributed by atoms with E-state index in [0.29, 0.717) is 22.5 Å². The number of furan rings is 1. The minimum absolute atomic E-state index is 0.00300. The van der Waals surface area contributed by atoms with Gasteiger partial charge in [0, 0.05) is 47.6 Å². The van der Waals surface area contributed by atoms with Gasteiger partial charge in [-0.25, -0.2) is 15.0 Å². The van der Waals surface area contributed by atoms with Gasteiger partial charge in [-0.3, -0.25) is 0 Å². The highest BCUT2D eigenvalue weighted by atomic mass is 32.1. The average molecular weight is 589 g/mol. The second kappa shape index (κ2) is 9.97. The molecule has 5 heteroatoms. The van der Waals surface area contributed by atoms with Crippen LogP contribution in [0, 0.1) is 0 Å². The Labute approximate surface area is 266 Å². The van der Waals surface area contributed by atoms with Crippen LogP contribution in [0.2, 0.25) is 0 Å². The maximum Gasteiger partial charge on any atom is 0.164 e. The number of rotatable bonds is 4. The summed E-state index contributed by atoms with van der Waals surface area (Å²) >= 11 is 1.00. The van der Waals surface area contributed by atoms with Gasteiger partial charge in [-0.05, 0) is 47.5 Å². The van der Waals surface area contributed by atoms with Crippen molar-refractivity contribution in [3.05, 3.63) is 139 Å². The molecule has 4 nitrogen and oxygen atoms in total. The van der Waals surface area contributed by atoms with E-state index in [9.17, 15) is 1.37 Å². The molecule has 0 amide bonds. The van der Waals surface area contributed by atoms with Crippen LogP contribution < -0.4 is 0 Å². The minimum Gasteiger partial charge on any atom is -0.456 e. The van der Waals surface area contributed by atoms with E-state index in [1.54, 1.807) is 0 Å². The smallest absolute Gasteiger partial charge is 0.164 e. The highest BCUT2D eigenvalue weighted by molar-refractivity contribution is 7.25. The molecule has 44 heavy (non-hydrogen) atoms. The van der Waals surface area contributed by atoms with Crippen molar-refractivity contribution in [1.29, 1.82) is 0 Å². The molecule has 206 valence electrons. The van der Waals surface area contributed by atoms with Crippen LogP contribution in [-0.2, 0) is 0 Å². The van der Waals surface area contributed by atoms with Gasteiger partial charge in [-0.2, -0.15) is 0 Å². The van der Waals surface area contributed by atoms with E-state index in [0.717, 1.165) is 38.8 Å². The number of benzene rings is 6. The molecule has 3 aromatic heterocycles. The SMILES string of the molecule is [2H]c1c([2H])c([2H])c2c(sc3c([2H])c(-c4nc(-c5cccc(-c6ccccc6)c5)nc(-c5ccc6c(c5)oc5ccccc56)n4)c([2H])c([2H])c32)c1[2H]. The molecule has 0 radical (unpaired) electrons. The first-order chi connectivity index (χ1) is 24.7. The summed E-state index contributed by atoms with van der Waals surface area (Å²) < 4.78 is 67.7. The number of fused-ring (bicyclic) bond motifs is 6. The van der Waals surface area contributed by atoms with Gasteiger partial charge >= 0.3 is 0 Å². The van der Waals surface area contributed by atoms with E-state index < -0.39 is 12.1 Å². The van der Waals surface area contributed by atoms with Crippen molar-refractivity contribution in [2.75, 3.05) is 0 Å². The Hall–Kier alpha value is -5.65. The molecule has 9 aromatic rings. The van der Waals surface area contributed by atoms with Gasteiger partial charge in [0.25, 0.3) is 0 Å². The molecule has 0 atom stereocenters. The Kier molecular flexibility index (Phi) is 4.26. The lowest BCUT2D eigenvalue weighted by Crippen LogP contribution is -2.00. The molecular formula is C39H23N3OS. The first kappa shape index (κ1) is 18.8. The Morgan fingerprint density at radius 2 is 1.16 bits per heavy atom. The lowest BCUT2D eigenvalue weighted by Gasteiger charge is -2.10. The monoisotopic (exact) mass is 588 g/mol. The van der Waals surface area contributed by atoms with Crippen molar-refractivity contribution in [2.24, 2.45) is 0 Å². The van der Waals surface area contributed by atoms with Crippen LogP contribution >= 0.6 is 11.3 Å². The fourth-order valence-electron chi connectivity index (χ4n) is 5.49. The minimum atomic E-state index is -0.431. The Balaban J connectivity index is 1.31. The lowest BCUT2D eigenvalue weighted by molar-refractivity contribution is 0.669. The van der Waals surface area contributed by atoms with Gasteiger partial charge in [0.05, 0.1) is 9.60 Å². The van der Waals surface area contributed by atoms with Crippen LogP contribution in [0.4, 0.5) is 0 Å². The molecule has 0 spiro atoms. The zero-order chi connectivity index (χ0) is 35.1. The van der Waals surface area contributed by atoms with E-state index in [1.807, 2.05) is 97.1 Å². The number of nitrogens with zero attached hydrogens (tertiary/aromatic N) is 3. The van der Waals surface area contributed by atoms with Crippen molar-refractivity contribution in [2.45, 2.75) is 0 Å². The predicted molar refractivity (Wildman–Crippen MR) is 182 cm³/mol. The third kappa shape index (κ3) is 4.17. The van der Waals surface area contributed by atoms with Gasteiger partial charge in [0.1, 0.15) is 11.2 Å². The van der Waals surface area contributed by atoms with Gasteiger partial charge in [0.15, 0.2) is 17.5 Å². The molecule has 0 N–H and O–H groups in total. The number of hydrogen-bond donors (Lipinski definition) is 0.